The van der Waals surface area contributed by atoms with E-state index in [0.717, 1.165) is 46.0 Å². The van der Waals surface area contributed by atoms with Gasteiger partial charge in [0.2, 0.25) is 0 Å². The zero-order chi connectivity index (χ0) is 13.8. The quantitative estimate of drug-likeness (QED) is 0.775. The average Bonchev–Trinajstić information content (AvgIpc) is 2.64. The lowest BCUT2D eigenvalue weighted by Gasteiger charge is -2.39. The monoisotopic (exact) mass is 270 g/mol. The van der Waals surface area contributed by atoms with Gasteiger partial charge >= 0.3 is 0 Å². The van der Waals surface area contributed by atoms with Crippen molar-refractivity contribution in [1.29, 1.82) is 0 Å². The number of ether oxygens (including phenoxy) is 2. The number of nitrogens with zero attached hydrogens (tertiary/aromatic N) is 2. The van der Waals surface area contributed by atoms with Crippen molar-refractivity contribution in [2.75, 3.05) is 46.0 Å². The zero-order valence-electron chi connectivity index (χ0n) is 13.0. The Morgan fingerprint density at radius 3 is 2.21 bits per heavy atom. The maximum Gasteiger partial charge on any atom is 0.0765 e. The first-order chi connectivity index (χ1) is 9.08. The van der Waals surface area contributed by atoms with Gasteiger partial charge in [0.05, 0.1) is 25.9 Å². The molecule has 0 spiro atoms. The molecule has 2 heterocycles. The number of rotatable bonds is 3. The topological polar surface area (TPSA) is 24.9 Å². The molecular formula is C15H30N2O2. The van der Waals surface area contributed by atoms with Crippen LogP contribution in [0.1, 0.15) is 27.7 Å². The van der Waals surface area contributed by atoms with E-state index in [9.17, 15) is 0 Å². The van der Waals surface area contributed by atoms with E-state index in [1.165, 1.54) is 0 Å². The number of hydrogen-bond donors (Lipinski definition) is 0. The second-order valence-electron chi connectivity index (χ2n) is 6.42. The smallest absolute Gasteiger partial charge is 0.0765 e. The predicted molar refractivity (Wildman–Crippen MR) is 77.5 cm³/mol. The van der Waals surface area contributed by atoms with E-state index in [0.29, 0.717) is 24.1 Å². The Balaban J connectivity index is 1.94. The normalized spacial score (nSPS) is 31.9. The molecule has 19 heavy (non-hydrogen) atoms. The van der Waals surface area contributed by atoms with Gasteiger partial charge < -0.3 is 9.47 Å². The van der Waals surface area contributed by atoms with Crippen LogP contribution in [0.15, 0.2) is 0 Å². The Morgan fingerprint density at radius 1 is 0.895 bits per heavy atom. The van der Waals surface area contributed by atoms with Gasteiger partial charge in [-0.05, 0) is 27.7 Å². The summed E-state index contributed by atoms with van der Waals surface area (Å²) in [5.41, 5.74) is 0. The lowest BCUT2D eigenvalue weighted by Crippen LogP contribution is -2.51. The molecule has 2 aliphatic rings. The summed E-state index contributed by atoms with van der Waals surface area (Å²) in [5.74, 6) is 0.506. The van der Waals surface area contributed by atoms with Crippen molar-refractivity contribution in [1.82, 2.24) is 9.80 Å². The minimum absolute atomic E-state index is 0.329. The Morgan fingerprint density at radius 2 is 1.53 bits per heavy atom. The summed E-state index contributed by atoms with van der Waals surface area (Å²) < 4.78 is 11.8. The van der Waals surface area contributed by atoms with E-state index in [-0.39, 0.29) is 0 Å². The molecule has 0 saturated carbocycles. The standard InChI is InChI=1S/C15H30N2O2/c1-12(2)16-5-7-18-11-14(9-16)15-10-17(13(3)4)6-8-19-15/h12-15H,5-11H2,1-4H3. The molecule has 0 N–H and O–H groups in total. The lowest BCUT2D eigenvalue weighted by atomic mass is 10.00. The molecule has 2 unspecified atom stereocenters. The van der Waals surface area contributed by atoms with E-state index in [1.807, 2.05) is 0 Å². The van der Waals surface area contributed by atoms with E-state index < -0.39 is 0 Å². The molecule has 0 radical (unpaired) electrons. The van der Waals surface area contributed by atoms with Crippen molar-refractivity contribution in [2.45, 2.75) is 45.9 Å². The first kappa shape index (κ1) is 15.2. The van der Waals surface area contributed by atoms with Crippen molar-refractivity contribution in [2.24, 2.45) is 5.92 Å². The van der Waals surface area contributed by atoms with Crippen LogP contribution in [0.2, 0.25) is 0 Å². The molecule has 2 fully saturated rings. The molecule has 0 aliphatic carbocycles. The van der Waals surface area contributed by atoms with Crippen LogP contribution in [0.25, 0.3) is 0 Å². The highest BCUT2D eigenvalue weighted by atomic mass is 16.5. The Kier molecular flexibility index (Phi) is 5.63. The summed E-state index contributed by atoms with van der Waals surface area (Å²) in [5, 5.41) is 0. The lowest BCUT2D eigenvalue weighted by molar-refractivity contribution is -0.0807. The Hall–Kier alpha value is -0.160. The molecule has 0 aromatic heterocycles. The van der Waals surface area contributed by atoms with Crippen LogP contribution in [-0.2, 0) is 9.47 Å². The highest BCUT2D eigenvalue weighted by Crippen LogP contribution is 2.20. The van der Waals surface area contributed by atoms with Crippen molar-refractivity contribution in [3.05, 3.63) is 0 Å². The van der Waals surface area contributed by atoms with Gasteiger partial charge in [0.1, 0.15) is 0 Å². The van der Waals surface area contributed by atoms with Crippen LogP contribution in [0.5, 0.6) is 0 Å². The fourth-order valence-corrected chi connectivity index (χ4v) is 3.01. The fraction of sp³-hybridized carbons (Fsp3) is 1.00. The highest BCUT2D eigenvalue weighted by Gasteiger charge is 2.32. The molecular weight excluding hydrogens is 240 g/mol. The third kappa shape index (κ3) is 4.15. The van der Waals surface area contributed by atoms with Gasteiger partial charge in [-0.1, -0.05) is 0 Å². The molecule has 4 nitrogen and oxygen atoms in total. The van der Waals surface area contributed by atoms with E-state index in [4.69, 9.17) is 9.47 Å². The molecule has 2 aliphatic heterocycles. The number of morpholine rings is 1. The van der Waals surface area contributed by atoms with Gasteiger partial charge in [0.25, 0.3) is 0 Å². The van der Waals surface area contributed by atoms with Crippen LogP contribution in [0.3, 0.4) is 0 Å². The van der Waals surface area contributed by atoms with Crippen molar-refractivity contribution in [3.63, 3.8) is 0 Å². The third-order valence-electron chi connectivity index (χ3n) is 4.44. The minimum Gasteiger partial charge on any atom is -0.380 e. The maximum atomic E-state index is 6.03. The molecule has 112 valence electrons. The highest BCUT2D eigenvalue weighted by molar-refractivity contribution is 4.83. The van der Waals surface area contributed by atoms with E-state index in [2.05, 4.69) is 37.5 Å². The van der Waals surface area contributed by atoms with Crippen molar-refractivity contribution < 1.29 is 9.47 Å². The summed E-state index contributed by atoms with van der Waals surface area (Å²) in [6.07, 6.45) is 0.329. The van der Waals surface area contributed by atoms with Crippen molar-refractivity contribution in [3.8, 4) is 0 Å². The number of hydrogen-bond acceptors (Lipinski definition) is 4. The van der Waals surface area contributed by atoms with Gasteiger partial charge in [-0.25, -0.2) is 0 Å². The fourth-order valence-electron chi connectivity index (χ4n) is 3.01. The van der Waals surface area contributed by atoms with Crippen LogP contribution in [0.4, 0.5) is 0 Å². The summed E-state index contributed by atoms with van der Waals surface area (Å²) in [6.45, 7) is 15.9. The van der Waals surface area contributed by atoms with Crippen LogP contribution in [-0.4, -0.2) is 74.0 Å². The summed E-state index contributed by atoms with van der Waals surface area (Å²) >= 11 is 0. The Labute approximate surface area is 118 Å². The van der Waals surface area contributed by atoms with Gasteiger partial charge in [-0.15, -0.1) is 0 Å². The van der Waals surface area contributed by atoms with Gasteiger partial charge in [0, 0.05) is 44.2 Å². The average molecular weight is 270 g/mol. The third-order valence-corrected chi connectivity index (χ3v) is 4.44. The molecule has 2 rings (SSSR count). The predicted octanol–water partition coefficient (Wildman–Crippen LogP) is 1.45. The molecule has 0 bridgehead atoms. The Bertz CT molecular complexity index is 271. The molecule has 2 saturated heterocycles. The van der Waals surface area contributed by atoms with Gasteiger partial charge in [-0.2, -0.15) is 0 Å². The second-order valence-corrected chi connectivity index (χ2v) is 6.42. The summed E-state index contributed by atoms with van der Waals surface area (Å²) in [6, 6.07) is 1.20. The SMILES string of the molecule is CC(C)N1CCOCC(C2CN(C(C)C)CCO2)C1. The van der Waals surface area contributed by atoms with Gasteiger partial charge in [0.15, 0.2) is 0 Å². The molecule has 0 amide bonds. The minimum atomic E-state index is 0.329. The first-order valence-electron chi connectivity index (χ1n) is 7.75. The summed E-state index contributed by atoms with van der Waals surface area (Å²) in [4.78, 5) is 5.05. The van der Waals surface area contributed by atoms with Crippen molar-refractivity contribution >= 4 is 0 Å². The zero-order valence-corrected chi connectivity index (χ0v) is 13.0. The second kappa shape index (κ2) is 7.02. The molecule has 0 aromatic carbocycles. The van der Waals surface area contributed by atoms with E-state index >= 15 is 0 Å². The van der Waals surface area contributed by atoms with Crippen LogP contribution < -0.4 is 0 Å². The van der Waals surface area contributed by atoms with Gasteiger partial charge in [-0.3, -0.25) is 9.80 Å². The maximum absolute atomic E-state index is 6.03. The molecule has 4 heteroatoms. The van der Waals surface area contributed by atoms with Crippen LogP contribution >= 0.6 is 0 Å². The largest absolute Gasteiger partial charge is 0.380 e. The molecule has 2 atom stereocenters. The van der Waals surface area contributed by atoms with Crippen LogP contribution in [0, 0.1) is 5.92 Å². The van der Waals surface area contributed by atoms with E-state index in [1.54, 1.807) is 0 Å². The summed E-state index contributed by atoms with van der Waals surface area (Å²) in [7, 11) is 0. The first-order valence-corrected chi connectivity index (χ1v) is 7.75. The molecule has 0 aromatic rings.